The molecule has 0 aliphatic carbocycles. The average Bonchev–Trinajstić information content (AvgIpc) is 0.906. The predicted molar refractivity (Wildman–Crippen MR) is 352 cm³/mol. The normalized spacial score (nSPS) is 26.8. The zero-order valence-electron chi connectivity index (χ0n) is 60.2. The van der Waals surface area contributed by atoms with Crippen LogP contribution in [0.25, 0.3) is 0 Å². The number of carbonyl (C=O) groups excluding carboxylic acids is 11. The molecular formula is C66H120N12O13. The molecule has 25 nitrogen and oxygen atoms in total. The minimum absolute atomic E-state index is 0.0422. The van der Waals surface area contributed by atoms with Crippen LogP contribution in [0.15, 0.2) is 12.2 Å². The monoisotopic (exact) mass is 1290 g/mol. The summed E-state index contributed by atoms with van der Waals surface area (Å²) in [6.45, 7) is 30.0. The zero-order valence-corrected chi connectivity index (χ0v) is 60.2. The van der Waals surface area contributed by atoms with Crippen molar-refractivity contribution in [2.45, 2.75) is 229 Å². The van der Waals surface area contributed by atoms with Gasteiger partial charge in [0, 0.05) is 55.9 Å². The highest BCUT2D eigenvalue weighted by Crippen LogP contribution is 2.26. The molecule has 0 radical (unpaired) electrons. The molecule has 1 heterocycles. The molecular weight excluding hydrogens is 1170 g/mol. The summed E-state index contributed by atoms with van der Waals surface area (Å²) in [4.78, 5) is 173. The van der Waals surface area contributed by atoms with Crippen LogP contribution in [-0.4, -0.2) is 259 Å². The number of rotatable bonds is 19. The number of likely N-dealkylation sites (N-methyl/N-ethyl adjacent to an activating group) is 8. The Kier molecular flexibility index (Phi) is 34.7. The summed E-state index contributed by atoms with van der Waals surface area (Å²) in [5, 5.41) is 23.3. The van der Waals surface area contributed by atoms with Crippen LogP contribution in [0.5, 0.6) is 0 Å². The second kappa shape index (κ2) is 38.1. The number of nitrogens with one attached hydrogen (secondary N) is 4. The van der Waals surface area contributed by atoms with Gasteiger partial charge in [0.15, 0.2) is 0 Å². The number of carbonyl (C=O) groups is 11. The Balaban J connectivity index is 4.52. The molecule has 1 fully saturated rings. The molecule has 13 atom stereocenters. The highest BCUT2D eigenvalue weighted by atomic mass is 16.5. The maximum absolute atomic E-state index is 15.3. The Morgan fingerprint density at radius 2 is 0.890 bits per heavy atom. The van der Waals surface area contributed by atoms with E-state index in [9.17, 15) is 33.9 Å². The molecule has 5 N–H and O–H groups in total. The third kappa shape index (κ3) is 23.7. The largest absolute Gasteiger partial charge is 0.390 e. The summed E-state index contributed by atoms with van der Waals surface area (Å²) in [6, 6.07) is -12.8. The highest BCUT2D eigenvalue weighted by molar-refractivity contribution is 6.00. The molecule has 0 spiro atoms. The third-order valence-corrected chi connectivity index (χ3v) is 17.0. The second-order valence-corrected chi connectivity index (χ2v) is 27.8. The van der Waals surface area contributed by atoms with E-state index < -0.39 is 155 Å². The molecule has 0 saturated carbocycles. The molecule has 1 aliphatic heterocycles. The lowest BCUT2D eigenvalue weighted by molar-refractivity contribution is -0.168. The molecule has 25 heteroatoms. The lowest BCUT2D eigenvalue weighted by Gasteiger charge is -2.41. The van der Waals surface area contributed by atoms with Gasteiger partial charge in [0.25, 0.3) is 5.91 Å². The predicted octanol–water partition coefficient (Wildman–Crippen LogP) is 3.17. The number of amides is 11. The van der Waals surface area contributed by atoms with E-state index >= 15 is 24.0 Å². The van der Waals surface area contributed by atoms with Gasteiger partial charge >= 0.3 is 0 Å². The lowest BCUT2D eigenvalue weighted by atomic mass is 9.91. The van der Waals surface area contributed by atoms with Crippen molar-refractivity contribution in [2.75, 3.05) is 76.6 Å². The molecule has 1 rings (SSSR count). The Morgan fingerprint density at radius 3 is 1.33 bits per heavy atom. The van der Waals surface area contributed by atoms with Crippen LogP contribution in [0.3, 0.4) is 0 Å². The van der Waals surface area contributed by atoms with E-state index in [-0.39, 0.29) is 68.8 Å². The molecule has 1 aliphatic rings. The number of aliphatic hydroxyl groups is 1. The van der Waals surface area contributed by atoms with Gasteiger partial charge in [-0.1, -0.05) is 109 Å². The molecule has 1 saturated heterocycles. The van der Waals surface area contributed by atoms with Crippen LogP contribution in [0, 0.1) is 41.4 Å². The van der Waals surface area contributed by atoms with Gasteiger partial charge in [-0.3, -0.25) is 52.7 Å². The molecule has 0 aromatic carbocycles. The van der Waals surface area contributed by atoms with E-state index in [1.165, 1.54) is 87.7 Å². The van der Waals surface area contributed by atoms with Crippen molar-refractivity contribution in [3.63, 3.8) is 0 Å². The second-order valence-electron chi connectivity index (χ2n) is 27.8. The minimum Gasteiger partial charge on any atom is -0.390 e. The number of ether oxygens (including phenoxy) is 1. The van der Waals surface area contributed by atoms with Crippen molar-refractivity contribution in [1.29, 1.82) is 0 Å². The maximum atomic E-state index is 15.3. The van der Waals surface area contributed by atoms with Gasteiger partial charge in [-0.25, -0.2) is 0 Å². The Morgan fingerprint density at radius 1 is 0.473 bits per heavy atom. The first-order valence-corrected chi connectivity index (χ1v) is 32.7. The van der Waals surface area contributed by atoms with Crippen molar-refractivity contribution >= 4 is 65.0 Å². The van der Waals surface area contributed by atoms with Crippen LogP contribution < -0.4 is 21.3 Å². The van der Waals surface area contributed by atoms with Crippen molar-refractivity contribution in [1.82, 2.24) is 60.5 Å². The van der Waals surface area contributed by atoms with Crippen LogP contribution in [-0.2, 0) is 57.5 Å². The third-order valence-electron chi connectivity index (χ3n) is 17.0. The van der Waals surface area contributed by atoms with Gasteiger partial charge in [-0.05, 0) is 115 Å². The number of hydrogen-bond donors (Lipinski definition) is 5. The van der Waals surface area contributed by atoms with E-state index in [0.717, 1.165) is 9.80 Å². The van der Waals surface area contributed by atoms with Gasteiger partial charge in [0.1, 0.15) is 60.4 Å². The molecule has 522 valence electrons. The molecule has 91 heavy (non-hydrogen) atoms. The number of aliphatic hydroxyl groups excluding tert-OH is 1. The van der Waals surface area contributed by atoms with Gasteiger partial charge in [-0.2, -0.15) is 0 Å². The van der Waals surface area contributed by atoms with Crippen LogP contribution in [0.4, 0.5) is 0 Å². The van der Waals surface area contributed by atoms with Gasteiger partial charge in [-0.15, -0.1) is 0 Å². The quantitative estimate of drug-likeness (QED) is 0.116. The Labute approximate surface area is 545 Å². The fourth-order valence-electron chi connectivity index (χ4n) is 11.2. The molecule has 0 unspecified atom stereocenters. The number of nitrogens with zero attached hydrogens (tertiary/aromatic N) is 8. The van der Waals surface area contributed by atoms with E-state index in [2.05, 4.69) is 21.3 Å². The number of allylic oxidation sites excluding steroid dienone is 2. The van der Waals surface area contributed by atoms with Crippen molar-refractivity contribution in [3.8, 4) is 0 Å². The first kappa shape index (κ1) is 82.8. The SMILES string of the molecule is C/C=C/C[C@@H](C)[C@@H](O)[C@H]1C(=O)N[C@@H](CC)C(=O)N(C)[C@H](OCCN(C)C)C(=O)N(C)[C@@H](CC(C)C)C(=O)N[C@@H](C(C)C)C(=O)N(C)[C@@H](CC(C)C)C(=O)N[C@@H](C)C(=O)N[C@H](C)C(=O)N(C)[C@@H](CC(C)C)C(=O)N(C)[C@@H](CC(C)C)C(=O)N(C)[C@@H](C(C)C)C(=O)N1C. The highest BCUT2D eigenvalue weighted by Gasteiger charge is 2.46. The van der Waals surface area contributed by atoms with Crippen LogP contribution >= 0.6 is 0 Å². The molecule has 0 aromatic rings. The lowest BCUT2D eigenvalue weighted by Crippen LogP contribution is -2.64. The van der Waals surface area contributed by atoms with E-state index in [1.54, 1.807) is 79.6 Å². The zero-order chi connectivity index (χ0) is 70.5. The smallest absolute Gasteiger partial charge is 0.273 e. The summed E-state index contributed by atoms with van der Waals surface area (Å²) < 4.78 is 6.24. The summed E-state index contributed by atoms with van der Waals surface area (Å²) in [7, 11) is 13.4. The molecule has 0 bridgehead atoms. The fraction of sp³-hybridized carbons (Fsp3) is 0.803. The van der Waals surface area contributed by atoms with Gasteiger partial charge < -0.3 is 70.3 Å². The van der Waals surface area contributed by atoms with Crippen molar-refractivity contribution in [3.05, 3.63) is 12.2 Å². The molecule has 0 aromatic heterocycles. The average molecular weight is 1290 g/mol. The van der Waals surface area contributed by atoms with E-state index in [0.29, 0.717) is 6.54 Å². The number of hydrogen-bond acceptors (Lipinski definition) is 14. The van der Waals surface area contributed by atoms with Crippen molar-refractivity contribution in [2.24, 2.45) is 41.4 Å². The summed E-state index contributed by atoms with van der Waals surface area (Å²) in [5.41, 5.74) is 0. The first-order valence-electron chi connectivity index (χ1n) is 32.7. The minimum atomic E-state index is -1.68. The summed E-state index contributed by atoms with van der Waals surface area (Å²) in [5.74, 6) is -10.4. The van der Waals surface area contributed by atoms with Crippen LogP contribution in [0.1, 0.15) is 156 Å². The Bertz CT molecular complexity index is 2470. The standard InChI is InChI=1S/C66H120N12O13/c1-27-29-30-43(15)54(79)53-58(83)69-46(28-2)60(85)78(26)66(91-32-31-71(18)19)65(90)73(21)48(34-38(5)6)57(82)70-51(41(11)12)63(88)72(20)47(33-37(3)4)56(81)67-44(16)55(80)68-45(17)59(84)74(22)49(35-39(7)8)61(86)75(23)50(36-40(9)10)62(87)76(24)52(42(13)14)64(89)77(53)25/h27,29,37-54,66,79H,28,30-36H2,1-26H3,(H,67,81)(H,68,80)(H,69,83)(H,70,82)/b29-27+/t43-,44+,45-,46+,47+,48+,49+,50+,51+,52+,53+,54-,66-/m1/s1. The van der Waals surface area contributed by atoms with Gasteiger partial charge in [0.2, 0.25) is 65.3 Å². The molecule has 11 amide bonds. The Hall–Kier alpha value is -6.21. The summed E-state index contributed by atoms with van der Waals surface area (Å²) in [6.07, 6.45) is 1.13. The first-order chi connectivity index (χ1) is 42.0. The summed E-state index contributed by atoms with van der Waals surface area (Å²) >= 11 is 0. The van der Waals surface area contributed by atoms with E-state index in [4.69, 9.17) is 4.74 Å². The fourth-order valence-corrected chi connectivity index (χ4v) is 11.2. The van der Waals surface area contributed by atoms with Gasteiger partial charge in [0.05, 0.1) is 12.7 Å². The topological polar surface area (TPSA) is 291 Å². The van der Waals surface area contributed by atoms with Crippen molar-refractivity contribution < 1.29 is 62.6 Å². The van der Waals surface area contributed by atoms with Crippen LogP contribution in [0.2, 0.25) is 0 Å². The van der Waals surface area contributed by atoms with E-state index in [1.807, 2.05) is 55.4 Å². The maximum Gasteiger partial charge on any atom is 0.273 e.